The van der Waals surface area contributed by atoms with E-state index in [0.29, 0.717) is 26.0 Å². The van der Waals surface area contributed by atoms with E-state index in [9.17, 15) is 10.1 Å². The van der Waals surface area contributed by atoms with Crippen molar-refractivity contribution in [3.63, 3.8) is 0 Å². The second-order valence-corrected chi connectivity index (χ2v) is 5.79. The zero-order valence-corrected chi connectivity index (χ0v) is 13.7. The van der Waals surface area contributed by atoms with Crippen LogP contribution >= 0.6 is 0 Å². The number of ether oxygens (including phenoxy) is 1. The maximum atomic E-state index is 12.5. The lowest BCUT2D eigenvalue weighted by molar-refractivity contribution is -0.130. The summed E-state index contributed by atoms with van der Waals surface area (Å²) in [6.07, 6.45) is 2.95. The number of nitrogens with zero attached hydrogens (tertiary/aromatic N) is 2. The minimum atomic E-state index is -0.872. The number of morpholine rings is 1. The molecule has 0 radical (unpaired) electrons. The molecule has 1 aliphatic heterocycles. The number of rotatable bonds is 8. The van der Waals surface area contributed by atoms with Crippen LogP contribution in [0, 0.1) is 16.7 Å². The number of hydrogen-bond donors (Lipinski definition) is 1. The van der Waals surface area contributed by atoms with Gasteiger partial charge in [-0.3, -0.25) is 9.69 Å². The second kappa shape index (κ2) is 9.01. The molecule has 1 heterocycles. The summed E-state index contributed by atoms with van der Waals surface area (Å²) in [5.74, 6) is -0.133. The average molecular weight is 295 g/mol. The van der Waals surface area contributed by atoms with Crippen molar-refractivity contribution in [2.45, 2.75) is 52.6 Å². The first kappa shape index (κ1) is 17.9. The van der Waals surface area contributed by atoms with Gasteiger partial charge in [0.15, 0.2) is 0 Å². The Labute approximate surface area is 128 Å². The third-order valence-corrected chi connectivity index (χ3v) is 4.16. The highest BCUT2D eigenvalue weighted by Gasteiger charge is 2.37. The van der Waals surface area contributed by atoms with Gasteiger partial charge >= 0.3 is 0 Å². The van der Waals surface area contributed by atoms with E-state index in [-0.39, 0.29) is 12.0 Å². The van der Waals surface area contributed by atoms with Gasteiger partial charge in [0.1, 0.15) is 5.41 Å². The normalized spacial score (nSPS) is 20.0. The van der Waals surface area contributed by atoms with Crippen molar-refractivity contribution in [1.29, 1.82) is 5.26 Å². The number of carbonyl (C=O) groups is 1. The van der Waals surface area contributed by atoms with Crippen molar-refractivity contribution in [2.75, 3.05) is 32.8 Å². The molecule has 0 aromatic heterocycles. The SMILES string of the molecule is CCCC(C#N)(CCC)C(=O)NCC1CN(CC)CCO1. The lowest BCUT2D eigenvalue weighted by Gasteiger charge is -2.33. The fraction of sp³-hybridized carbons (Fsp3) is 0.875. The van der Waals surface area contributed by atoms with E-state index in [1.54, 1.807) is 0 Å². The van der Waals surface area contributed by atoms with E-state index in [0.717, 1.165) is 32.5 Å². The number of hydrogen-bond acceptors (Lipinski definition) is 4. The van der Waals surface area contributed by atoms with Gasteiger partial charge in [-0.05, 0) is 19.4 Å². The van der Waals surface area contributed by atoms with Gasteiger partial charge in [-0.15, -0.1) is 0 Å². The zero-order chi connectivity index (χ0) is 15.7. The Hall–Kier alpha value is -1.12. The molecule has 5 heteroatoms. The van der Waals surface area contributed by atoms with Crippen LogP contribution in [0.3, 0.4) is 0 Å². The van der Waals surface area contributed by atoms with Crippen LogP contribution in [0.25, 0.3) is 0 Å². The van der Waals surface area contributed by atoms with E-state index >= 15 is 0 Å². The molecule has 0 bridgehead atoms. The van der Waals surface area contributed by atoms with Crippen LogP contribution in [-0.4, -0.2) is 49.7 Å². The van der Waals surface area contributed by atoms with E-state index < -0.39 is 5.41 Å². The smallest absolute Gasteiger partial charge is 0.240 e. The standard InChI is InChI=1S/C16H29N3O2/c1-4-7-16(13-17,8-5-2)15(20)18-11-14-12-19(6-3)9-10-21-14/h14H,4-12H2,1-3H3,(H,18,20). The summed E-state index contributed by atoms with van der Waals surface area (Å²) in [5.41, 5.74) is -0.872. The highest BCUT2D eigenvalue weighted by Crippen LogP contribution is 2.29. The molecule has 0 saturated carbocycles. The Morgan fingerprint density at radius 2 is 2.05 bits per heavy atom. The van der Waals surface area contributed by atoms with Gasteiger partial charge in [0.05, 0.1) is 18.8 Å². The molecule has 1 atom stereocenters. The third-order valence-electron chi connectivity index (χ3n) is 4.16. The molecule has 1 fully saturated rings. The van der Waals surface area contributed by atoms with Crippen LogP contribution in [0.5, 0.6) is 0 Å². The first-order valence-corrected chi connectivity index (χ1v) is 8.15. The van der Waals surface area contributed by atoms with Crippen molar-refractivity contribution >= 4 is 5.91 Å². The van der Waals surface area contributed by atoms with E-state index in [1.807, 2.05) is 13.8 Å². The van der Waals surface area contributed by atoms with Crippen molar-refractivity contribution in [3.8, 4) is 6.07 Å². The molecule has 0 aromatic rings. The minimum absolute atomic E-state index is 0.0299. The van der Waals surface area contributed by atoms with Crippen LogP contribution in [0.1, 0.15) is 46.5 Å². The molecule has 0 aromatic carbocycles. The monoisotopic (exact) mass is 295 g/mol. The predicted octanol–water partition coefficient (Wildman–Crippen LogP) is 1.93. The van der Waals surface area contributed by atoms with Crippen LogP contribution in [0.2, 0.25) is 0 Å². The molecule has 0 spiro atoms. The van der Waals surface area contributed by atoms with Gasteiger partial charge in [0.2, 0.25) is 5.91 Å². The Balaban J connectivity index is 2.55. The topological polar surface area (TPSA) is 65.4 Å². The number of nitrogens with one attached hydrogen (secondary N) is 1. The van der Waals surface area contributed by atoms with Gasteiger partial charge in [0, 0.05) is 19.6 Å². The fourth-order valence-corrected chi connectivity index (χ4v) is 2.94. The van der Waals surface area contributed by atoms with Gasteiger partial charge in [-0.2, -0.15) is 5.26 Å². The lowest BCUT2D eigenvalue weighted by Crippen LogP contribution is -2.49. The Morgan fingerprint density at radius 1 is 1.38 bits per heavy atom. The molecular weight excluding hydrogens is 266 g/mol. The molecule has 1 N–H and O–H groups in total. The number of nitriles is 1. The summed E-state index contributed by atoms with van der Waals surface area (Å²) >= 11 is 0. The van der Waals surface area contributed by atoms with Crippen molar-refractivity contribution in [2.24, 2.45) is 5.41 Å². The molecular formula is C16H29N3O2. The molecule has 1 amide bonds. The minimum Gasteiger partial charge on any atom is -0.374 e. The highest BCUT2D eigenvalue weighted by molar-refractivity contribution is 5.85. The van der Waals surface area contributed by atoms with Gasteiger partial charge in [-0.1, -0.05) is 33.6 Å². The summed E-state index contributed by atoms with van der Waals surface area (Å²) in [6.45, 7) is 10.2. The van der Waals surface area contributed by atoms with E-state index in [4.69, 9.17) is 4.74 Å². The summed E-state index contributed by atoms with van der Waals surface area (Å²) in [4.78, 5) is 14.8. The van der Waals surface area contributed by atoms with Crippen LogP contribution in [-0.2, 0) is 9.53 Å². The Morgan fingerprint density at radius 3 is 2.57 bits per heavy atom. The summed E-state index contributed by atoms with van der Waals surface area (Å²) in [6, 6.07) is 2.26. The van der Waals surface area contributed by atoms with Crippen LogP contribution in [0.15, 0.2) is 0 Å². The molecule has 1 aliphatic rings. The molecule has 21 heavy (non-hydrogen) atoms. The number of likely N-dealkylation sites (N-methyl/N-ethyl adjacent to an activating group) is 1. The first-order valence-electron chi connectivity index (χ1n) is 8.15. The predicted molar refractivity (Wildman–Crippen MR) is 82.7 cm³/mol. The van der Waals surface area contributed by atoms with Crippen molar-refractivity contribution in [1.82, 2.24) is 10.2 Å². The summed E-state index contributed by atoms with van der Waals surface area (Å²) < 4.78 is 5.69. The quantitative estimate of drug-likeness (QED) is 0.743. The molecule has 1 saturated heterocycles. The second-order valence-electron chi connectivity index (χ2n) is 5.79. The molecule has 0 aliphatic carbocycles. The molecule has 1 rings (SSSR count). The maximum Gasteiger partial charge on any atom is 0.240 e. The largest absolute Gasteiger partial charge is 0.374 e. The average Bonchev–Trinajstić information content (AvgIpc) is 2.52. The third kappa shape index (κ3) is 4.98. The number of carbonyl (C=O) groups excluding carboxylic acids is 1. The maximum absolute atomic E-state index is 12.5. The zero-order valence-electron chi connectivity index (χ0n) is 13.7. The van der Waals surface area contributed by atoms with Gasteiger partial charge in [-0.25, -0.2) is 0 Å². The van der Waals surface area contributed by atoms with Gasteiger partial charge < -0.3 is 10.1 Å². The molecule has 120 valence electrons. The Bertz CT molecular complexity index is 359. The fourth-order valence-electron chi connectivity index (χ4n) is 2.94. The first-order chi connectivity index (χ1) is 10.1. The van der Waals surface area contributed by atoms with Gasteiger partial charge in [0.25, 0.3) is 0 Å². The summed E-state index contributed by atoms with van der Waals surface area (Å²) in [7, 11) is 0. The number of amides is 1. The van der Waals surface area contributed by atoms with Crippen LogP contribution in [0.4, 0.5) is 0 Å². The highest BCUT2D eigenvalue weighted by atomic mass is 16.5. The molecule has 1 unspecified atom stereocenters. The van der Waals surface area contributed by atoms with Crippen molar-refractivity contribution in [3.05, 3.63) is 0 Å². The van der Waals surface area contributed by atoms with E-state index in [2.05, 4.69) is 23.2 Å². The lowest BCUT2D eigenvalue weighted by atomic mass is 9.79. The molecule has 5 nitrogen and oxygen atoms in total. The van der Waals surface area contributed by atoms with Crippen molar-refractivity contribution < 1.29 is 9.53 Å². The van der Waals surface area contributed by atoms with E-state index in [1.165, 1.54) is 0 Å². The van der Waals surface area contributed by atoms with Crippen LogP contribution < -0.4 is 5.32 Å². The Kier molecular flexibility index (Phi) is 7.69. The summed E-state index contributed by atoms with van der Waals surface area (Å²) in [5, 5.41) is 12.4.